The number of amides is 1. The van der Waals surface area contributed by atoms with E-state index in [0.717, 1.165) is 6.42 Å². The largest absolute Gasteiger partial charge is 0.467 e. The summed E-state index contributed by atoms with van der Waals surface area (Å²) in [5, 5.41) is 5.85. The van der Waals surface area contributed by atoms with Gasteiger partial charge in [-0.1, -0.05) is 20.8 Å². The quantitative estimate of drug-likeness (QED) is 0.647. The van der Waals surface area contributed by atoms with Gasteiger partial charge in [0.15, 0.2) is 0 Å². The molecule has 17 heavy (non-hydrogen) atoms. The molecule has 0 saturated carbocycles. The number of carbonyl (C=O) groups is 2. The highest BCUT2D eigenvalue weighted by Crippen LogP contribution is 2.05. The number of hydrogen-bond acceptors (Lipinski definition) is 4. The molecule has 0 aromatic carbocycles. The van der Waals surface area contributed by atoms with E-state index in [1.54, 1.807) is 0 Å². The minimum absolute atomic E-state index is 0.236. The van der Waals surface area contributed by atoms with Gasteiger partial charge in [0.25, 0.3) is 0 Å². The first-order valence-electron chi connectivity index (χ1n) is 6.00. The van der Waals surface area contributed by atoms with Gasteiger partial charge in [0, 0.05) is 19.5 Å². The summed E-state index contributed by atoms with van der Waals surface area (Å²) in [6.07, 6.45) is 0.978. The second-order valence-corrected chi connectivity index (χ2v) is 4.44. The van der Waals surface area contributed by atoms with Crippen LogP contribution in [0.15, 0.2) is 0 Å². The molecule has 1 amide bonds. The molecule has 0 aliphatic carbocycles. The Morgan fingerprint density at radius 3 is 2.24 bits per heavy atom. The van der Waals surface area contributed by atoms with Crippen molar-refractivity contribution in [2.75, 3.05) is 13.7 Å². The van der Waals surface area contributed by atoms with Gasteiger partial charge in [-0.15, -0.1) is 0 Å². The highest BCUT2D eigenvalue weighted by Gasteiger charge is 2.21. The summed E-state index contributed by atoms with van der Waals surface area (Å²) in [5.74, 6) is -0.179. The van der Waals surface area contributed by atoms with E-state index in [0.29, 0.717) is 18.5 Å². The number of nitrogens with one attached hydrogen (secondary N) is 2. The SMILES string of the molecule is CCC(NCC(NC(C)=O)C(=O)OC)C(C)C. The van der Waals surface area contributed by atoms with Crippen molar-refractivity contribution in [3.63, 3.8) is 0 Å². The Hall–Kier alpha value is -1.10. The van der Waals surface area contributed by atoms with E-state index in [2.05, 4.69) is 36.1 Å². The van der Waals surface area contributed by atoms with Crippen LogP contribution in [0.2, 0.25) is 0 Å². The molecular weight excluding hydrogens is 220 g/mol. The smallest absolute Gasteiger partial charge is 0.329 e. The zero-order chi connectivity index (χ0) is 13.4. The molecule has 2 atom stereocenters. The van der Waals surface area contributed by atoms with Gasteiger partial charge in [0.1, 0.15) is 6.04 Å². The van der Waals surface area contributed by atoms with Crippen molar-refractivity contribution in [2.24, 2.45) is 5.92 Å². The van der Waals surface area contributed by atoms with Crippen LogP contribution < -0.4 is 10.6 Å². The lowest BCUT2D eigenvalue weighted by Gasteiger charge is -2.24. The summed E-state index contributed by atoms with van der Waals surface area (Å²) in [4.78, 5) is 22.4. The lowest BCUT2D eigenvalue weighted by atomic mass is 10.0. The summed E-state index contributed by atoms with van der Waals surface area (Å²) < 4.78 is 4.65. The summed E-state index contributed by atoms with van der Waals surface area (Å²) in [6.45, 7) is 8.10. The van der Waals surface area contributed by atoms with Gasteiger partial charge in [0.05, 0.1) is 7.11 Å². The standard InChI is InChI=1S/C12H24N2O3/c1-6-10(8(2)3)13-7-11(12(16)17-5)14-9(4)15/h8,10-11,13H,6-7H2,1-5H3,(H,14,15). The Labute approximate surface area is 103 Å². The Bertz CT molecular complexity index is 254. The zero-order valence-corrected chi connectivity index (χ0v) is 11.4. The van der Waals surface area contributed by atoms with Crippen LogP contribution in [0.4, 0.5) is 0 Å². The fraction of sp³-hybridized carbons (Fsp3) is 0.833. The Morgan fingerprint density at radius 2 is 1.88 bits per heavy atom. The minimum atomic E-state index is -0.620. The van der Waals surface area contributed by atoms with Gasteiger partial charge in [0.2, 0.25) is 5.91 Å². The van der Waals surface area contributed by atoms with E-state index in [-0.39, 0.29) is 5.91 Å². The van der Waals surface area contributed by atoms with Crippen molar-refractivity contribution in [3.8, 4) is 0 Å². The fourth-order valence-electron chi connectivity index (χ4n) is 1.70. The van der Waals surface area contributed by atoms with Crippen LogP contribution in [0.1, 0.15) is 34.1 Å². The van der Waals surface area contributed by atoms with Gasteiger partial charge < -0.3 is 15.4 Å². The topological polar surface area (TPSA) is 67.4 Å². The highest BCUT2D eigenvalue weighted by molar-refractivity contribution is 5.83. The minimum Gasteiger partial charge on any atom is -0.467 e. The molecule has 0 aliphatic heterocycles. The Kier molecular flexibility index (Phi) is 7.54. The number of methoxy groups -OCH3 is 1. The first-order chi connectivity index (χ1) is 7.92. The van der Waals surface area contributed by atoms with Gasteiger partial charge in [-0.3, -0.25) is 4.79 Å². The predicted octanol–water partition coefficient (Wildman–Crippen LogP) is 0.688. The first kappa shape index (κ1) is 15.9. The van der Waals surface area contributed by atoms with Crippen LogP contribution in [0.25, 0.3) is 0 Å². The second kappa shape index (κ2) is 8.06. The lowest BCUT2D eigenvalue weighted by molar-refractivity contribution is -0.144. The molecule has 0 rings (SSSR count). The predicted molar refractivity (Wildman–Crippen MR) is 66.5 cm³/mol. The molecule has 0 bridgehead atoms. The van der Waals surface area contributed by atoms with E-state index in [1.165, 1.54) is 14.0 Å². The average molecular weight is 244 g/mol. The fourth-order valence-corrected chi connectivity index (χ4v) is 1.70. The van der Waals surface area contributed by atoms with Crippen LogP contribution in [0.3, 0.4) is 0 Å². The molecular formula is C12H24N2O3. The molecule has 0 aromatic heterocycles. The van der Waals surface area contributed by atoms with Crippen LogP contribution in [0, 0.1) is 5.92 Å². The molecule has 0 heterocycles. The number of hydrogen-bond donors (Lipinski definition) is 2. The third-order valence-electron chi connectivity index (χ3n) is 2.69. The van der Waals surface area contributed by atoms with E-state index >= 15 is 0 Å². The molecule has 100 valence electrons. The molecule has 2 N–H and O–H groups in total. The van der Waals surface area contributed by atoms with Gasteiger partial charge in [-0.05, 0) is 12.3 Å². The monoisotopic (exact) mass is 244 g/mol. The zero-order valence-electron chi connectivity index (χ0n) is 11.4. The van der Waals surface area contributed by atoms with Crippen molar-refractivity contribution in [3.05, 3.63) is 0 Å². The van der Waals surface area contributed by atoms with E-state index in [1.807, 2.05) is 0 Å². The molecule has 5 nitrogen and oxygen atoms in total. The van der Waals surface area contributed by atoms with Crippen LogP contribution in [-0.2, 0) is 14.3 Å². The first-order valence-corrected chi connectivity index (χ1v) is 6.00. The molecule has 0 spiro atoms. The molecule has 2 unspecified atom stereocenters. The van der Waals surface area contributed by atoms with E-state index in [9.17, 15) is 9.59 Å². The second-order valence-electron chi connectivity index (χ2n) is 4.44. The van der Waals surface area contributed by atoms with Crippen LogP contribution in [0.5, 0.6) is 0 Å². The summed E-state index contributed by atoms with van der Waals surface area (Å²) >= 11 is 0. The molecule has 0 saturated heterocycles. The number of carbonyl (C=O) groups excluding carboxylic acids is 2. The number of ether oxygens (including phenoxy) is 1. The maximum atomic E-state index is 11.4. The number of esters is 1. The third kappa shape index (κ3) is 6.26. The summed E-state index contributed by atoms with van der Waals surface area (Å²) in [7, 11) is 1.32. The third-order valence-corrected chi connectivity index (χ3v) is 2.69. The summed E-state index contributed by atoms with van der Waals surface area (Å²) in [5.41, 5.74) is 0. The molecule has 5 heteroatoms. The summed E-state index contributed by atoms with van der Waals surface area (Å²) in [6, 6.07) is -0.291. The van der Waals surface area contributed by atoms with Crippen molar-refractivity contribution < 1.29 is 14.3 Å². The maximum Gasteiger partial charge on any atom is 0.329 e. The maximum absolute atomic E-state index is 11.4. The Balaban J connectivity index is 4.33. The average Bonchev–Trinajstić information content (AvgIpc) is 2.26. The molecule has 0 aliphatic rings. The lowest BCUT2D eigenvalue weighted by Crippen LogP contribution is -2.50. The normalized spacial score (nSPS) is 14.2. The van der Waals surface area contributed by atoms with Crippen molar-refractivity contribution in [2.45, 2.75) is 46.2 Å². The van der Waals surface area contributed by atoms with E-state index < -0.39 is 12.0 Å². The Morgan fingerprint density at radius 1 is 1.29 bits per heavy atom. The van der Waals surface area contributed by atoms with E-state index in [4.69, 9.17) is 0 Å². The van der Waals surface area contributed by atoms with Crippen molar-refractivity contribution >= 4 is 11.9 Å². The van der Waals surface area contributed by atoms with Crippen molar-refractivity contribution in [1.82, 2.24) is 10.6 Å². The van der Waals surface area contributed by atoms with Crippen LogP contribution in [-0.4, -0.2) is 37.6 Å². The molecule has 0 radical (unpaired) electrons. The van der Waals surface area contributed by atoms with Gasteiger partial charge in [-0.2, -0.15) is 0 Å². The van der Waals surface area contributed by atoms with Gasteiger partial charge >= 0.3 is 5.97 Å². The number of rotatable bonds is 7. The molecule has 0 fully saturated rings. The molecule has 0 aromatic rings. The van der Waals surface area contributed by atoms with Crippen LogP contribution >= 0.6 is 0 Å². The highest BCUT2D eigenvalue weighted by atomic mass is 16.5. The van der Waals surface area contributed by atoms with Gasteiger partial charge in [-0.25, -0.2) is 4.79 Å². The van der Waals surface area contributed by atoms with Crippen molar-refractivity contribution in [1.29, 1.82) is 0 Å².